The van der Waals surface area contributed by atoms with E-state index in [4.69, 9.17) is 4.74 Å². The van der Waals surface area contributed by atoms with Gasteiger partial charge in [-0.3, -0.25) is 4.79 Å². The highest BCUT2D eigenvalue weighted by molar-refractivity contribution is 5.90. The quantitative estimate of drug-likeness (QED) is 0.761. The lowest BCUT2D eigenvalue weighted by Crippen LogP contribution is -2.60. The van der Waals surface area contributed by atoms with Crippen LogP contribution in [0.4, 0.5) is 0 Å². The minimum absolute atomic E-state index is 0.130. The first kappa shape index (κ1) is 17.0. The van der Waals surface area contributed by atoms with E-state index in [1.807, 2.05) is 0 Å². The molecule has 0 unspecified atom stereocenters. The molecule has 1 spiro atoms. The van der Waals surface area contributed by atoms with Crippen LogP contribution in [0.25, 0.3) is 0 Å². The summed E-state index contributed by atoms with van der Waals surface area (Å²) in [5, 5.41) is 21.3. The van der Waals surface area contributed by atoms with Gasteiger partial charge in [0.1, 0.15) is 11.9 Å². The van der Waals surface area contributed by atoms with Crippen LogP contribution in [0, 0.1) is 28.1 Å². The highest BCUT2D eigenvalue weighted by Crippen LogP contribution is 2.75. The van der Waals surface area contributed by atoms with Crippen molar-refractivity contribution in [3.05, 3.63) is 0 Å². The van der Waals surface area contributed by atoms with Crippen LogP contribution in [-0.4, -0.2) is 40.4 Å². The molecule has 4 aliphatic rings. The number of aliphatic hydroxyl groups is 2. The fourth-order valence-corrected chi connectivity index (χ4v) is 7.22. The van der Waals surface area contributed by atoms with E-state index in [-0.39, 0.29) is 40.8 Å². The summed E-state index contributed by atoms with van der Waals surface area (Å²) in [6.45, 7) is 8.81. The molecular formula is C20H32O4. The van der Waals surface area contributed by atoms with Gasteiger partial charge in [-0.2, -0.15) is 0 Å². The topological polar surface area (TPSA) is 70.1 Å². The average Bonchev–Trinajstić information content (AvgIpc) is 3.22. The van der Waals surface area contributed by atoms with Crippen molar-refractivity contribution in [2.75, 3.05) is 6.61 Å². The van der Waals surface area contributed by atoms with Crippen LogP contribution < -0.4 is 0 Å². The van der Waals surface area contributed by atoms with Gasteiger partial charge in [0, 0.05) is 13.0 Å². The zero-order valence-corrected chi connectivity index (χ0v) is 15.5. The van der Waals surface area contributed by atoms with Gasteiger partial charge in [-0.1, -0.05) is 34.1 Å². The Balaban J connectivity index is 1.84. The summed E-state index contributed by atoms with van der Waals surface area (Å²) in [5.74, 6) is 0.742. The Morgan fingerprint density at radius 3 is 2.58 bits per heavy atom. The summed E-state index contributed by atoms with van der Waals surface area (Å²) in [4.78, 5) is 13.3. The van der Waals surface area contributed by atoms with Crippen molar-refractivity contribution in [1.29, 1.82) is 0 Å². The van der Waals surface area contributed by atoms with E-state index in [9.17, 15) is 15.0 Å². The van der Waals surface area contributed by atoms with Crippen LogP contribution in [0.5, 0.6) is 0 Å². The first-order chi connectivity index (χ1) is 11.2. The fraction of sp³-hybridized carbons (Fsp3) is 0.950. The Morgan fingerprint density at radius 2 is 1.96 bits per heavy atom. The SMILES string of the molecule is CC(C)[C@@]12CCC(=O)[C@@]3([C@@H](O)C[C@@H]4[C@@](C)(CO)CCC[C@@]43C)[C@@H]1O2. The van der Waals surface area contributed by atoms with E-state index in [0.29, 0.717) is 18.8 Å². The number of aliphatic hydroxyl groups excluding tert-OH is 2. The second-order valence-corrected chi connectivity index (χ2v) is 9.79. The molecule has 0 aromatic carbocycles. The van der Waals surface area contributed by atoms with E-state index in [0.717, 1.165) is 25.7 Å². The van der Waals surface area contributed by atoms with Crippen LogP contribution in [0.3, 0.4) is 0 Å². The maximum Gasteiger partial charge on any atom is 0.145 e. The molecule has 3 aliphatic carbocycles. The lowest BCUT2D eigenvalue weighted by atomic mass is 9.47. The normalized spacial score (nSPS) is 56.5. The number of ether oxygens (including phenoxy) is 1. The van der Waals surface area contributed by atoms with Crippen molar-refractivity contribution in [1.82, 2.24) is 0 Å². The average molecular weight is 336 g/mol. The Kier molecular flexibility index (Phi) is 3.42. The molecule has 0 radical (unpaired) electrons. The third kappa shape index (κ3) is 1.64. The third-order valence-corrected chi connectivity index (χ3v) is 8.66. The predicted molar refractivity (Wildman–Crippen MR) is 90.4 cm³/mol. The van der Waals surface area contributed by atoms with Crippen molar-refractivity contribution in [2.45, 2.75) is 84.0 Å². The molecule has 0 amide bonds. The second kappa shape index (κ2) is 4.83. The van der Waals surface area contributed by atoms with Crippen LogP contribution in [0.1, 0.15) is 66.2 Å². The first-order valence-electron chi connectivity index (χ1n) is 9.69. The first-order valence-corrected chi connectivity index (χ1v) is 9.69. The van der Waals surface area contributed by atoms with Crippen molar-refractivity contribution in [3.8, 4) is 0 Å². The predicted octanol–water partition coefficient (Wildman–Crippen LogP) is 2.70. The molecule has 0 aromatic rings. The van der Waals surface area contributed by atoms with Gasteiger partial charge < -0.3 is 14.9 Å². The van der Waals surface area contributed by atoms with Gasteiger partial charge in [-0.05, 0) is 48.3 Å². The molecule has 4 fully saturated rings. The van der Waals surface area contributed by atoms with E-state index in [1.165, 1.54) is 0 Å². The van der Waals surface area contributed by atoms with Crippen LogP contribution in [-0.2, 0) is 9.53 Å². The Morgan fingerprint density at radius 1 is 1.25 bits per heavy atom. The van der Waals surface area contributed by atoms with Crippen LogP contribution in [0.2, 0.25) is 0 Å². The number of epoxide rings is 1. The summed E-state index contributed by atoms with van der Waals surface area (Å²) in [7, 11) is 0. The van der Waals surface area contributed by atoms with E-state index < -0.39 is 11.5 Å². The molecule has 1 aliphatic heterocycles. The van der Waals surface area contributed by atoms with Gasteiger partial charge in [0.25, 0.3) is 0 Å². The minimum atomic E-state index is -0.767. The Hall–Kier alpha value is -0.450. The molecule has 7 atom stereocenters. The lowest BCUT2D eigenvalue weighted by molar-refractivity contribution is -0.156. The smallest absolute Gasteiger partial charge is 0.145 e. The highest BCUT2D eigenvalue weighted by Gasteiger charge is 2.82. The standard InChI is InChI=1S/C20H32O4/c1-12(2)19-9-6-14(22)20(16(19)24-19)15(23)10-13-17(3,11-21)7-5-8-18(13,20)4/h12-13,15-16,21,23H,5-11H2,1-4H3/t13-,15+,16-,17-,18+,19+,20-/m1/s1. The number of carbonyl (C=O) groups excluding carboxylic acids is 1. The largest absolute Gasteiger partial charge is 0.396 e. The number of carbonyl (C=O) groups is 1. The number of Topliss-reactive ketones (excluding diaryl/α,β-unsaturated/α-hetero) is 1. The molecule has 2 N–H and O–H groups in total. The van der Waals surface area contributed by atoms with Gasteiger partial charge in [0.05, 0.1) is 17.1 Å². The lowest BCUT2D eigenvalue weighted by Gasteiger charge is -2.55. The highest BCUT2D eigenvalue weighted by atomic mass is 16.6. The molecule has 4 nitrogen and oxygen atoms in total. The molecule has 0 bridgehead atoms. The van der Waals surface area contributed by atoms with E-state index >= 15 is 0 Å². The van der Waals surface area contributed by atoms with Crippen molar-refractivity contribution in [2.24, 2.45) is 28.1 Å². The van der Waals surface area contributed by atoms with E-state index in [1.54, 1.807) is 0 Å². The summed E-state index contributed by atoms with van der Waals surface area (Å²) >= 11 is 0. The van der Waals surface area contributed by atoms with Crippen molar-refractivity contribution < 1.29 is 19.7 Å². The van der Waals surface area contributed by atoms with Gasteiger partial charge >= 0.3 is 0 Å². The molecule has 1 heterocycles. The fourth-order valence-electron chi connectivity index (χ4n) is 7.22. The molecule has 3 saturated carbocycles. The monoisotopic (exact) mass is 336 g/mol. The molecule has 0 aromatic heterocycles. The molecule has 24 heavy (non-hydrogen) atoms. The van der Waals surface area contributed by atoms with Crippen molar-refractivity contribution in [3.63, 3.8) is 0 Å². The minimum Gasteiger partial charge on any atom is -0.396 e. The van der Waals surface area contributed by atoms with Crippen LogP contribution in [0.15, 0.2) is 0 Å². The van der Waals surface area contributed by atoms with Gasteiger partial charge in [-0.25, -0.2) is 0 Å². The molecular weight excluding hydrogens is 304 g/mol. The number of hydrogen-bond donors (Lipinski definition) is 2. The third-order valence-electron chi connectivity index (χ3n) is 8.66. The maximum absolute atomic E-state index is 13.3. The van der Waals surface area contributed by atoms with Gasteiger partial charge in [-0.15, -0.1) is 0 Å². The van der Waals surface area contributed by atoms with Gasteiger partial charge in [0.2, 0.25) is 0 Å². The summed E-state index contributed by atoms with van der Waals surface area (Å²) in [6.07, 6.45) is 4.07. The molecule has 1 saturated heterocycles. The van der Waals surface area contributed by atoms with Crippen LogP contribution >= 0.6 is 0 Å². The zero-order chi connectivity index (χ0) is 17.5. The molecule has 136 valence electrons. The number of fused-ring (bicyclic) bond motifs is 4. The summed E-state index contributed by atoms with van der Waals surface area (Å²) < 4.78 is 6.28. The Labute approximate surface area is 145 Å². The number of rotatable bonds is 2. The number of ketones is 1. The molecule has 4 heteroatoms. The Bertz CT molecular complexity index is 574. The second-order valence-electron chi connectivity index (χ2n) is 9.79. The zero-order valence-electron chi connectivity index (χ0n) is 15.5. The summed E-state index contributed by atoms with van der Waals surface area (Å²) in [5.41, 5.74) is -1.47. The van der Waals surface area contributed by atoms with E-state index in [2.05, 4.69) is 27.7 Å². The molecule has 4 rings (SSSR count). The number of hydrogen-bond acceptors (Lipinski definition) is 4. The van der Waals surface area contributed by atoms with Crippen molar-refractivity contribution >= 4 is 5.78 Å². The van der Waals surface area contributed by atoms with Gasteiger partial charge in [0.15, 0.2) is 0 Å². The maximum atomic E-state index is 13.3. The summed E-state index contributed by atoms with van der Waals surface area (Å²) in [6, 6.07) is 0.